The molecule has 0 N–H and O–H groups in total. The van der Waals surface area contributed by atoms with Gasteiger partial charge in [-0.3, -0.25) is 0 Å². The van der Waals surface area contributed by atoms with Gasteiger partial charge in [0.15, 0.2) is 0 Å². The highest BCUT2D eigenvalue weighted by atomic mass is 79.9. The average molecular weight is 290 g/mol. The van der Waals surface area contributed by atoms with Gasteiger partial charge in [-0.2, -0.15) is 0 Å². The van der Waals surface area contributed by atoms with Crippen LogP contribution >= 0.6 is 31.9 Å². The summed E-state index contributed by atoms with van der Waals surface area (Å²) in [4.78, 5) is 0. The maximum absolute atomic E-state index is 3.58. The number of rotatable bonds is 1. The van der Waals surface area contributed by atoms with E-state index in [9.17, 15) is 0 Å². The maximum atomic E-state index is 3.58. The molecule has 0 atom stereocenters. The van der Waals surface area contributed by atoms with Crippen LogP contribution in [0.1, 0.15) is 30.7 Å². The largest absolute Gasteiger partial charge is 0.0521 e. The first-order valence-corrected chi connectivity index (χ1v) is 5.81. The van der Waals surface area contributed by atoms with Gasteiger partial charge in [0.05, 0.1) is 0 Å². The fraction of sp³-hybridized carbons (Fsp3) is 0.400. The zero-order valence-electron chi connectivity index (χ0n) is 6.69. The van der Waals surface area contributed by atoms with Crippen molar-refractivity contribution in [1.82, 2.24) is 0 Å². The van der Waals surface area contributed by atoms with Gasteiger partial charge in [0, 0.05) is 8.95 Å². The van der Waals surface area contributed by atoms with Crippen LogP contribution in [0.3, 0.4) is 0 Å². The molecule has 0 bridgehead atoms. The zero-order valence-corrected chi connectivity index (χ0v) is 9.86. The first-order chi connectivity index (χ1) is 5.77. The summed E-state index contributed by atoms with van der Waals surface area (Å²) in [6.07, 6.45) is 4.10. The fourth-order valence-corrected chi connectivity index (χ4v) is 2.50. The van der Waals surface area contributed by atoms with E-state index in [1.807, 2.05) is 0 Å². The summed E-state index contributed by atoms with van der Waals surface area (Å²) in [5, 5.41) is 0. The van der Waals surface area contributed by atoms with E-state index in [1.54, 1.807) is 0 Å². The molecular weight excluding hydrogens is 280 g/mol. The molecule has 1 saturated carbocycles. The molecule has 1 aromatic rings. The second-order valence-electron chi connectivity index (χ2n) is 3.29. The van der Waals surface area contributed by atoms with Gasteiger partial charge >= 0.3 is 0 Å². The van der Waals surface area contributed by atoms with Gasteiger partial charge in [-0.05, 0) is 42.5 Å². The van der Waals surface area contributed by atoms with Crippen LogP contribution in [-0.2, 0) is 0 Å². The van der Waals surface area contributed by atoms with Crippen molar-refractivity contribution in [3.05, 3.63) is 32.7 Å². The predicted octanol–water partition coefficient (Wildman–Crippen LogP) is 4.48. The van der Waals surface area contributed by atoms with E-state index in [0.29, 0.717) is 0 Å². The van der Waals surface area contributed by atoms with Crippen molar-refractivity contribution in [3.63, 3.8) is 0 Å². The zero-order chi connectivity index (χ0) is 8.55. The highest BCUT2D eigenvalue weighted by Crippen LogP contribution is 2.40. The highest BCUT2D eigenvalue weighted by molar-refractivity contribution is 9.11. The van der Waals surface area contributed by atoms with Crippen LogP contribution < -0.4 is 0 Å². The Morgan fingerprint density at radius 2 is 1.92 bits per heavy atom. The molecule has 0 aliphatic heterocycles. The van der Waals surface area contributed by atoms with E-state index < -0.39 is 0 Å². The van der Waals surface area contributed by atoms with Gasteiger partial charge in [0.1, 0.15) is 0 Å². The molecule has 12 heavy (non-hydrogen) atoms. The van der Waals surface area contributed by atoms with Crippen molar-refractivity contribution in [2.45, 2.75) is 25.2 Å². The third kappa shape index (κ3) is 1.60. The standard InChI is InChI=1S/C10H10Br2/c11-8-4-5-10(12)9(6-8)7-2-1-3-7/h4-7H,1-3H2. The molecule has 1 fully saturated rings. The third-order valence-corrected chi connectivity index (χ3v) is 3.72. The highest BCUT2D eigenvalue weighted by Gasteiger charge is 2.21. The van der Waals surface area contributed by atoms with E-state index in [-0.39, 0.29) is 0 Å². The first-order valence-electron chi connectivity index (χ1n) is 4.22. The number of hydrogen-bond acceptors (Lipinski definition) is 0. The van der Waals surface area contributed by atoms with Crippen molar-refractivity contribution < 1.29 is 0 Å². The molecule has 0 saturated heterocycles. The summed E-state index contributed by atoms with van der Waals surface area (Å²) >= 11 is 7.08. The molecule has 2 heteroatoms. The molecule has 0 unspecified atom stereocenters. The normalized spacial score (nSPS) is 17.5. The van der Waals surface area contributed by atoms with Crippen LogP contribution in [-0.4, -0.2) is 0 Å². The molecule has 1 aliphatic rings. The van der Waals surface area contributed by atoms with Crippen molar-refractivity contribution in [2.24, 2.45) is 0 Å². The first kappa shape index (κ1) is 8.76. The number of benzene rings is 1. The van der Waals surface area contributed by atoms with Gasteiger partial charge < -0.3 is 0 Å². The summed E-state index contributed by atoms with van der Waals surface area (Å²) in [6, 6.07) is 6.43. The Morgan fingerprint density at radius 3 is 2.50 bits per heavy atom. The van der Waals surface area contributed by atoms with Crippen molar-refractivity contribution in [3.8, 4) is 0 Å². The fourth-order valence-electron chi connectivity index (χ4n) is 1.55. The van der Waals surface area contributed by atoms with Crippen molar-refractivity contribution in [1.29, 1.82) is 0 Å². The lowest BCUT2D eigenvalue weighted by Gasteiger charge is -2.26. The van der Waals surface area contributed by atoms with E-state index in [2.05, 4.69) is 50.1 Å². The van der Waals surface area contributed by atoms with E-state index in [4.69, 9.17) is 0 Å². The molecular formula is C10H10Br2. The monoisotopic (exact) mass is 288 g/mol. The molecule has 0 spiro atoms. The van der Waals surface area contributed by atoms with Crippen LogP contribution in [0.15, 0.2) is 27.1 Å². The summed E-state index contributed by atoms with van der Waals surface area (Å²) in [6.45, 7) is 0. The summed E-state index contributed by atoms with van der Waals surface area (Å²) in [7, 11) is 0. The average Bonchev–Trinajstić information content (AvgIpc) is 1.93. The van der Waals surface area contributed by atoms with Gasteiger partial charge in [-0.25, -0.2) is 0 Å². The number of hydrogen-bond donors (Lipinski definition) is 0. The molecule has 2 rings (SSSR count). The Morgan fingerprint density at radius 1 is 1.17 bits per heavy atom. The topological polar surface area (TPSA) is 0 Å². The summed E-state index contributed by atoms with van der Waals surface area (Å²) < 4.78 is 2.45. The molecule has 0 radical (unpaired) electrons. The summed E-state index contributed by atoms with van der Waals surface area (Å²) in [5.74, 6) is 0.803. The van der Waals surface area contributed by atoms with E-state index in [0.717, 1.165) is 5.92 Å². The maximum Gasteiger partial charge on any atom is 0.0210 e. The summed E-state index contributed by atoms with van der Waals surface area (Å²) in [5.41, 5.74) is 1.47. The van der Waals surface area contributed by atoms with Crippen molar-refractivity contribution in [2.75, 3.05) is 0 Å². The second-order valence-corrected chi connectivity index (χ2v) is 5.06. The molecule has 0 heterocycles. The minimum Gasteiger partial charge on any atom is -0.0521 e. The Hall–Kier alpha value is 0.180. The van der Waals surface area contributed by atoms with Crippen LogP contribution in [0.25, 0.3) is 0 Å². The van der Waals surface area contributed by atoms with E-state index in [1.165, 1.54) is 33.8 Å². The SMILES string of the molecule is Brc1ccc(Br)c(C2CCC2)c1. The lowest BCUT2D eigenvalue weighted by Crippen LogP contribution is -2.09. The number of halogens is 2. The van der Waals surface area contributed by atoms with Crippen LogP contribution in [0.5, 0.6) is 0 Å². The van der Waals surface area contributed by atoms with Crippen LogP contribution in [0.2, 0.25) is 0 Å². The van der Waals surface area contributed by atoms with Gasteiger partial charge in [-0.15, -0.1) is 0 Å². The quantitative estimate of drug-likeness (QED) is 0.715. The van der Waals surface area contributed by atoms with Gasteiger partial charge in [-0.1, -0.05) is 38.3 Å². The lowest BCUT2D eigenvalue weighted by molar-refractivity contribution is 0.418. The molecule has 0 amide bonds. The van der Waals surface area contributed by atoms with Gasteiger partial charge in [0.2, 0.25) is 0 Å². The third-order valence-electron chi connectivity index (χ3n) is 2.50. The molecule has 1 aromatic carbocycles. The minimum atomic E-state index is 0.803. The van der Waals surface area contributed by atoms with E-state index >= 15 is 0 Å². The smallest absolute Gasteiger partial charge is 0.0210 e. The van der Waals surface area contributed by atoms with Crippen LogP contribution in [0.4, 0.5) is 0 Å². The molecule has 0 nitrogen and oxygen atoms in total. The molecule has 0 aromatic heterocycles. The Labute approximate surface area is 89.6 Å². The predicted molar refractivity (Wildman–Crippen MR) is 58.4 cm³/mol. The Balaban J connectivity index is 2.34. The Bertz CT molecular complexity index is 290. The van der Waals surface area contributed by atoms with Crippen LogP contribution in [0, 0.1) is 0 Å². The van der Waals surface area contributed by atoms with Crippen molar-refractivity contribution >= 4 is 31.9 Å². The second kappa shape index (κ2) is 3.51. The molecule has 64 valence electrons. The lowest BCUT2D eigenvalue weighted by atomic mass is 9.80. The minimum absolute atomic E-state index is 0.803. The van der Waals surface area contributed by atoms with Gasteiger partial charge in [0.25, 0.3) is 0 Å². The molecule has 1 aliphatic carbocycles. The Kier molecular flexibility index (Phi) is 2.56.